The van der Waals surface area contributed by atoms with Crippen LogP contribution < -0.4 is 10.6 Å². The molecule has 0 radical (unpaired) electrons. The highest BCUT2D eigenvalue weighted by Crippen LogP contribution is 2.23. The summed E-state index contributed by atoms with van der Waals surface area (Å²) in [4.78, 5) is 35.7. The molecule has 7 nitrogen and oxygen atoms in total. The topological polar surface area (TPSA) is 100 Å². The first-order valence-electron chi connectivity index (χ1n) is 8.30. The van der Waals surface area contributed by atoms with Gasteiger partial charge in [-0.05, 0) is 30.2 Å². The maximum absolute atomic E-state index is 12.7. The van der Waals surface area contributed by atoms with Crippen molar-refractivity contribution in [3.63, 3.8) is 0 Å². The van der Waals surface area contributed by atoms with Gasteiger partial charge in [0, 0.05) is 23.0 Å². The van der Waals surface area contributed by atoms with Crippen LogP contribution in [0.1, 0.15) is 30.8 Å². The second-order valence-corrected chi connectivity index (χ2v) is 6.68. The normalized spacial score (nSPS) is 13.2. The molecule has 1 heterocycles. The summed E-state index contributed by atoms with van der Waals surface area (Å²) in [6, 6.07) is 6.21. The molecule has 2 atom stereocenters. The third-order valence-electron chi connectivity index (χ3n) is 4.43. The van der Waals surface area contributed by atoms with E-state index in [1.807, 2.05) is 19.9 Å². The fraction of sp³-hybridized carbons (Fsp3) is 0.389. The minimum atomic E-state index is -1.14. The third kappa shape index (κ3) is 4.35. The number of rotatable bonds is 7. The van der Waals surface area contributed by atoms with Crippen molar-refractivity contribution in [1.29, 1.82) is 0 Å². The van der Waals surface area contributed by atoms with Gasteiger partial charge >= 0.3 is 5.97 Å². The quantitative estimate of drug-likeness (QED) is 0.686. The van der Waals surface area contributed by atoms with Crippen LogP contribution in [0.5, 0.6) is 0 Å². The monoisotopic (exact) mass is 379 g/mol. The summed E-state index contributed by atoms with van der Waals surface area (Å²) in [5, 5.41) is 15.2. The molecule has 2 rings (SSSR count). The molecule has 0 saturated heterocycles. The highest BCUT2D eigenvalue weighted by atomic mass is 35.5. The van der Waals surface area contributed by atoms with Gasteiger partial charge < -0.3 is 20.3 Å². The Morgan fingerprint density at radius 2 is 1.96 bits per heavy atom. The summed E-state index contributed by atoms with van der Waals surface area (Å²) in [6.07, 6.45) is 0.649. The van der Waals surface area contributed by atoms with Crippen molar-refractivity contribution < 1.29 is 19.5 Å². The van der Waals surface area contributed by atoms with Crippen molar-refractivity contribution in [2.24, 2.45) is 13.0 Å². The standard InChI is InChI=1S/C18H22ClN3O4/c1-4-10(2)16(18(26)20-9-15(23)24)21-17(25)14-8-11-7-12(19)5-6-13(11)22(14)3/h5-8,10,16H,4,9H2,1-3H3,(H,20,26)(H,21,25)(H,23,24)/t10-,16+/m1/s1. The average Bonchev–Trinajstić information content (AvgIpc) is 2.92. The van der Waals surface area contributed by atoms with Crippen LogP contribution in [0.25, 0.3) is 10.9 Å². The second kappa shape index (κ2) is 8.23. The van der Waals surface area contributed by atoms with Gasteiger partial charge in [-0.25, -0.2) is 0 Å². The number of aryl methyl sites for hydroxylation is 1. The summed E-state index contributed by atoms with van der Waals surface area (Å²) in [6.45, 7) is 3.23. The molecule has 0 aliphatic rings. The Labute approximate surface area is 156 Å². The van der Waals surface area contributed by atoms with Gasteiger partial charge in [0.1, 0.15) is 18.3 Å². The lowest BCUT2D eigenvalue weighted by Gasteiger charge is -2.23. The summed E-state index contributed by atoms with van der Waals surface area (Å²) in [5.41, 5.74) is 1.23. The van der Waals surface area contributed by atoms with Crippen LogP contribution in [0.2, 0.25) is 5.02 Å². The average molecular weight is 380 g/mol. The number of carboxylic acid groups (broad SMARTS) is 1. The van der Waals surface area contributed by atoms with Crippen LogP contribution in [0.15, 0.2) is 24.3 Å². The molecule has 0 saturated carbocycles. The molecule has 0 spiro atoms. The zero-order valence-corrected chi connectivity index (χ0v) is 15.6. The van der Waals surface area contributed by atoms with Crippen molar-refractivity contribution in [2.75, 3.05) is 6.54 Å². The number of carboxylic acids is 1. The minimum Gasteiger partial charge on any atom is -0.480 e. The number of carbonyl (C=O) groups is 3. The molecule has 8 heteroatoms. The van der Waals surface area contributed by atoms with E-state index in [4.69, 9.17) is 16.7 Å². The number of fused-ring (bicyclic) bond motifs is 1. The lowest BCUT2D eigenvalue weighted by Crippen LogP contribution is -2.51. The first kappa shape index (κ1) is 19.8. The molecule has 1 aromatic heterocycles. The van der Waals surface area contributed by atoms with Crippen LogP contribution in [0.4, 0.5) is 0 Å². The van der Waals surface area contributed by atoms with Crippen LogP contribution in [-0.2, 0) is 16.6 Å². The molecule has 0 aliphatic carbocycles. The number of hydrogen-bond acceptors (Lipinski definition) is 3. The molecule has 2 amide bonds. The highest BCUT2D eigenvalue weighted by Gasteiger charge is 2.27. The van der Waals surface area contributed by atoms with E-state index in [1.54, 1.807) is 29.8 Å². The van der Waals surface area contributed by atoms with E-state index in [-0.39, 0.29) is 5.92 Å². The van der Waals surface area contributed by atoms with E-state index in [0.29, 0.717) is 17.1 Å². The van der Waals surface area contributed by atoms with E-state index >= 15 is 0 Å². The summed E-state index contributed by atoms with van der Waals surface area (Å²) < 4.78 is 1.73. The van der Waals surface area contributed by atoms with Crippen LogP contribution in [0, 0.1) is 5.92 Å². The number of nitrogens with zero attached hydrogens (tertiary/aromatic N) is 1. The number of carbonyl (C=O) groups excluding carboxylic acids is 2. The van der Waals surface area contributed by atoms with Gasteiger partial charge in [0.15, 0.2) is 0 Å². The predicted octanol–water partition coefficient (Wildman–Crippen LogP) is 2.18. The van der Waals surface area contributed by atoms with Gasteiger partial charge in [-0.15, -0.1) is 0 Å². The van der Waals surface area contributed by atoms with Crippen LogP contribution in [-0.4, -0.2) is 40.0 Å². The Morgan fingerprint density at radius 3 is 2.58 bits per heavy atom. The molecule has 1 aromatic carbocycles. The third-order valence-corrected chi connectivity index (χ3v) is 4.67. The van der Waals surface area contributed by atoms with Gasteiger partial charge in [0.25, 0.3) is 5.91 Å². The number of aromatic nitrogens is 1. The molecule has 26 heavy (non-hydrogen) atoms. The highest BCUT2D eigenvalue weighted by molar-refractivity contribution is 6.31. The van der Waals surface area contributed by atoms with E-state index in [2.05, 4.69) is 10.6 Å². The Kier molecular flexibility index (Phi) is 6.26. The SMILES string of the molecule is CC[C@@H](C)[C@H](NC(=O)c1cc2cc(Cl)ccc2n1C)C(=O)NCC(=O)O. The Bertz CT molecular complexity index is 846. The van der Waals surface area contributed by atoms with E-state index in [1.165, 1.54) is 0 Å². The molecule has 3 N–H and O–H groups in total. The Morgan fingerprint density at radius 1 is 1.27 bits per heavy atom. The first-order chi connectivity index (χ1) is 12.2. The molecular formula is C18H22ClN3O4. The second-order valence-electron chi connectivity index (χ2n) is 6.24. The maximum Gasteiger partial charge on any atom is 0.322 e. The lowest BCUT2D eigenvalue weighted by atomic mass is 9.98. The number of benzene rings is 1. The van der Waals surface area contributed by atoms with Crippen molar-refractivity contribution in [2.45, 2.75) is 26.3 Å². The largest absolute Gasteiger partial charge is 0.480 e. The van der Waals surface area contributed by atoms with Gasteiger partial charge in [0.2, 0.25) is 5.91 Å². The lowest BCUT2D eigenvalue weighted by molar-refractivity contribution is -0.138. The number of nitrogens with one attached hydrogen (secondary N) is 2. The van der Waals surface area contributed by atoms with Crippen LogP contribution in [0.3, 0.4) is 0 Å². The van der Waals surface area contributed by atoms with Crippen molar-refractivity contribution >= 4 is 40.3 Å². The minimum absolute atomic E-state index is 0.156. The molecule has 0 fully saturated rings. The van der Waals surface area contributed by atoms with Gasteiger partial charge in [-0.1, -0.05) is 31.9 Å². The fourth-order valence-electron chi connectivity index (χ4n) is 2.73. The summed E-state index contributed by atoms with van der Waals surface area (Å²) in [7, 11) is 1.76. The molecular weight excluding hydrogens is 358 g/mol. The number of aliphatic carboxylic acids is 1. The van der Waals surface area contributed by atoms with Crippen molar-refractivity contribution in [3.05, 3.63) is 35.0 Å². The Hall–Kier alpha value is -2.54. The molecule has 0 bridgehead atoms. The maximum atomic E-state index is 12.7. The van der Waals surface area contributed by atoms with Gasteiger partial charge in [-0.2, -0.15) is 0 Å². The fourth-order valence-corrected chi connectivity index (χ4v) is 2.91. The van der Waals surface area contributed by atoms with Crippen LogP contribution >= 0.6 is 11.6 Å². The van der Waals surface area contributed by atoms with Gasteiger partial charge in [-0.3, -0.25) is 14.4 Å². The van der Waals surface area contributed by atoms with E-state index < -0.39 is 30.4 Å². The zero-order valence-electron chi connectivity index (χ0n) is 14.9. The Balaban J connectivity index is 2.25. The molecule has 140 valence electrons. The van der Waals surface area contributed by atoms with E-state index in [9.17, 15) is 14.4 Å². The summed E-state index contributed by atoms with van der Waals surface area (Å²) >= 11 is 6.00. The molecule has 0 unspecified atom stereocenters. The molecule has 0 aliphatic heterocycles. The summed E-state index contributed by atoms with van der Waals surface area (Å²) in [5.74, 6) is -2.22. The van der Waals surface area contributed by atoms with Gasteiger partial charge in [0.05, 0.1) is 0 Å². The smallest absolute Gasteiger partial charge is 0.322 e. The van der Waals surface area contributed by atoms with Crippen molar-refractivity contribution in [3.8, 4) is 0 Å². The predicted molar refractivity (Wildman–Crippen MR) is 99.3 cm³/mol. The number of hydrogen-bond donors (Lipinski definition) is 3. The molecule has 2 aromatic rings. The van der Waals surface area contributed by atoms with E-state index in [0.717, 1.165) is 10.9 Å². The van der Waals surface area contributed by atoms with Crippen molar-refractivity contribution in [1.82, 2.24) is 15.2 Å². The first-order valence-corrected chi connectivity index (χ1v) is 8.67. The zero-order chi connectivity index (χ0) is 19.4. The number of halogens is 1. The number of amides is 2.